The predicted molar refractivity (Wildman–Crippen MR) is 68.7 cm³/mol. The van der Waals surface area contributed by atoms with Crippen LogP contribution in [-0.4, -0.2) is 31.0 Å². The van der Waals surface area contributed by atoms with Crippen molar-refractivity contribution in [1.82, 2.24) is 14.7 Å². The smallest absolute Gasteiger partial charge is 0.243 e. The zero-order chi connectivity index (χ0) is 13.2. The van der Waals surface area contributed by atoms with E-state index in [-0.39, 0.29) is 10.9 Å². The van der Waals surface area contributed by atoms with Crippen molar-refractivity contribution in [3.8, 4) is 0 Å². The van der Waals surface area contributed by atoms with Crippen molar-refractivity contribution in [3.63, 3.8) is 0 Å². The summed E-state index contributed by atoms with van der Waals surface area (Å²) in [6.45, 7) is 4.73. The lowest BCUT2D eigenvalue weighted by molar-refractivity contribution is 0.270. The first kappa shape index (κ1) is 13.2. The van der Waals surface area contributed by atoms with Gasteiger partial charge in [-0.15, -0.1) is 0 Å². The highest BCUT2D eigenvalue weighted by Crippen LogP contribution is 2.27. The van der Waals surface area contributed by atoms with E-state index >= 15 is 0 Å². The number of rotatable bonds is 5. The zero-order valence-electron chi connectivity index (χ0n) is 10.5. The SMILES string of the molecule is CCNc1ncc(S(=O)(=O)NC2CC(C)C2)cn1. The standard InChI is InChI=1S/C11H18N4O2S/c1-3-12-11-13-6-10(7-14-11)18(16,17)15-9-4-8(2)5-9/h6-9,15H,3-5H2,1-2H3,(H,12,13,14). The molecule has 18 heavy (non-hydrogen) atoms. The van der Waals surface area contributed by atoms with Gasteiger partial charge in [-0.1, -0.05) is 6.92 Å². The minimum atomic E-state index is -3.48. The van der Waals surface area contributed by atoms with Crippen LogP contribution in [0.4, 0.5) is 5.95 Å². The van der Waals surface area contributed by atoms with E-state index in [2.05, 4.69) is 26.9 Å². The lowest BCUT2D eigenvalue weighted by Crippen LogP contribution is -2.43. The molecule has 0 radical (unpaired) electrons. The number of nitrogens with one attached hydrogen (secondary N) is 2. The van der Waals surface area contributed by atoms with E-state index < -0.39 is 10.0 Å². The van der Waals surface area contributed by atoms with E-state index in [9.17, 15) is 8.42 Å². The third kappa shape index (κ3) is 2.97. The van der Waals surface area contributed by atoms with E-state index in [0.29, 0.717) is 18.4 Å². The van der Waals surface area contributed by atoms with Crippen molar-refractivity contribution < 1.29 is 8.42 Å². The zero-order valence-corrected chi connectivity index (χ0v) is 11.4. The molecule has 0 aliphatic heterocycles. The van der Waals surface area contributed by atoms with Crippen LogP contribution in [0.3, 0.4) is 0 Å². The number of nitrogens with zero attached hydrogens (tertiary/aromatic N) is 2. The first-order valence-corrected chi connectivity index (χ1v) is 7.58. The van der Waals surface area contributed by atoms with Gasteiger partial charge in [-0.3, -0.25) is 0 Å². The van der Waals surface area contributed by atoms with Gasteiger partial charge < -0.3 is 5.32 Å². The van der Waals surface area contributed by atoms with Gasteiger partial charge in [0.2, 0.25) is 16.0 Å². The summed E-state index contributed by atoms with van der Waals surface area (Å²) in [7, 11) is -3.48. The fourth-order valence-corrected chi connectivity index (χ4v) is 3.14. The van der Waals surface area contributed by atoms with Gasteiger partial charge >= 0.3 is 0 Å². The molecule has 6 nitrogen and oxygen atoms in total. The quantitative estimate of drug-likeness (QED) is 0.833. The molecule has 0 bridgehead atoms. The van der Waals surface area contributed by atoms with E-state index in [1.807, 2.05) is 6.92 Å². The molecule has 0 unspecified atom stereocenters. The number of aromatic nitrogens is 2. The molecule has 7 heteroatoms. The van der Waals surface area contributed by atoms with Gasteiger partial charge in [0.25, 0.3) is 0 Å². The summed E-state index contributed by atoms with van der Waals surface area (Å²) in [6, 6.07) is 0.0541. The summed E-state index contributed by atoms with van der Waals surface area (Å²) >= 11 is 0. The van der Waals surface area contributed by atoms with E-state index in [1.54, 1.807) is 0 Å². The average molecular weight is 270 g/mol. The summed E-state index contributed by atoms with van der Waals surface area (Å²) in [5.41, 5.74) is 0. The van der Waals surface area contributed by atoms with Gasteiger partial charge in [0, 0.05) is 12.6 Å². The largest absolute Gasteiger partial charge is 0.355 e. The normalized spacial score (nSPS) is 23.4. The van der Waals surface area contributed by atoms with E-state index in [4.69, 9.17) is 0 Å². The summed E-state index contributed by atoms with van der Waals surface area (Å²) < 4.78 is 26.7. The summed E-state index contributed by atoms with van der Waals surface area (Å²) in [5, 5.41) is 2.92. The molecule has 2 rings (SSSR count). The highest BCUT2D eigenvalue weighted by molar-refractivity contribution is 7.89. The van der Waals surface area contributed by atoms with Crippen LogP contribution in [-0.2, 0) is 10.0 Å². The second-order valence-corrected chi connectivity index (χ2v) is 6.38. The summed E-state index contributed by atoms with van der Waals surface area (Å²) in [6.07, 6.45) is 4.45. The Morgan fingerprint density at radius 1 is 1.33 bits per heavy atom. The van der Waals surface area contributed by atoms with Crippen molar-refractivity contribution in [3.05, 3.63) is 12.4 Å². The monoisotopic (exact) mass is 270 g/mol. The van der Waals surface area contributed by atoms with Gasteiger partial charge in [0.1, 0.15) is 4.90 Å². The topological polar surface area (TPSA) is 84.0 Å². The molecule has 1 aromatic heterocycles. The average Bonchev–Trinajstić information content (AvgIpc) is 2.28. The first-order chi connectivity index (χ1) is 8.51. The van der Waals surface area contributed by atoms with Crippen LogP contribution >= 0.6 is 0 Å². The minimum Gasteiger partial charge on any atom is -0.355 e. The minimum absolute atomic E-state index is 0.0541. The number of hydrogen-bond donors (Lipinski definition) is 2. The molecule has 100 valence electrons. The van der Waals surface area contributed by atoms with E-state index in [1.165, 1.54) is 12.4 Å². The lowest BCUT2D eigenvalue weighted by atomic mass is 9.83. The second-order valence-electron chi connectivity index (χ2n) is 4.67. The Hall–Kier alpha value is -1.21. The predicted octanol–water partition coefficient (Wildman–Crippen LogP) is 0.985. The van der Waals surface area contributed by atoms with Crippen LogP contribution in [0.5, 0.6) is 0 Å². The van der Waals surface area contributed by atoms with Crippen LogP contribution in [0, 0.1) is 5.92 Å². The van der Waals surface area contributed by atoms with Crippen LogP contribution < -0.4 is 10.0 Å². The maximum atomic E-state index is 12.0. The van der Waals surface area contributed by atoms with Crippen molar-refractivity contribution in [2.24, 2.45) is 5.92 Å². The molecular formula is C11H18N4O2S. The number of hydrogen-bond acceptors (Lipinski definition) is 5. The molecule has 0 amide bonds. The van der Waals surface area contributed by atoms with Gasteiger partial charge in [-0.25, -0.2) is 23.1 Å². The summed E-state index contributed by atoms with van der Waals surface area (Å²) in [5.74, 6) is 1.04. The van der Waals surface area contributed by atoms with Gasteiger partial charge in [0.05, 0.1) is 12.4 Å². The number of sulfonamides is 1. The highest BCUT2D eigenvalue weighted by atomic mass is 32.2. The van der Waals surface area contributed by atoms with Crippen LogP contribution in [0.2, 0.25) is 0 Å². The molecule has 2 N–H and O–H groups in total. The fourth-order valence-electron chi connectivity index (χ4n) is 1.99. The molecule has 1 heterocycles. The number of anilines is 1. The Kier molecular flexibility index (Phi) is 3.82. The Balaban J connectivity index is 2.04. The molecule has 0 atom stereocenters. The maximum absolute atomic E-state index is 12.0. The van der Waals surface area contributed by atoms with Crippen molar-refractivity contribution >= 4 is 16.0 Å². The molecule has 0 aromatic carbocycles. The Morgan fingerprint density at radius 3 is 2.44 bits per heavy atom. The molecular weight excluding hydrogens is 252 g/mol. The molecule has 1 saturated carbocycles. The Bertz CT molecular complexity index is 494. The molecule has 1 aliphatic rings. The van der Waals surface area contributed by atoms with Gasteiger partial charge in [-0.2, -0.15) is 0 Å². The van der Waals surface area contributed by atoms with Crippen LogP contribution in [0.15, 0.2) is 17.3 Å². The molecule has 0 spiro atoms. The van der Waals surface area contributed by atoms with Crippen molar-refractivity contribution in [2.75, 3.05) is 11.9 Å². The fraction of sp³-hybridized carbons (Fsp3) is 0.636. The Labute approximate surface area is 107 Å². The van der Waals surface area contributed by atoms with Gasteiger partial charge in [0.15, 0.2) is 0 Å². The molecule has 1 aromatic rings. The maximum Gasteiger partial charge on any atom is 0.243 e. The Morgan fingerprint density at radius 2 is 1.94 bits per heavy atom. The summed E-state index contributed by atoms with van der Waals surface area (Å²) in [4.78, 5) is 8.03. The van der Waals surface area contributed by atoms with Crippen molar-refractivity contribution in [2.45, 2.75) is 37.6 Å². The van der Waals surface area contributed by atoms with Crippen LogP contribution in [0.25, 0.3) is 0 Å². The molecule has 1 aliphatic carbocycles. The van der Waals surface area contributed by atoms with Crippen LogP contribution in [0.1, 0.15) is 26.7 Å². The third-order valence-electron chi connectivity index (χ3n) is 2.97. The molecule has 0 saturated heterocycles. The van der Waals surface area contributed by atoms with Gasteiger partial charge in [-0.05, 0) is 25.7 Å². The third-order valence-corrected chi connectivity index (χ3v) is 4.44. The second kappa shape index (κ2) is 5.19. The lowest BCUT2D eigenvalue weighted by Gasteiger charge is -2.32. The highest BCUT2D eigenvalue weighted by Gasteiger charge is 2.30. The van der Waals surface area contributed by atoms with Crippen molar-refractivity contribution in [1.29, 1.82) is 0 Å². The van der Waals surface area contributed by atoms with E-state index in [0.717, 1.165) is 12.8 Å². The first-order valence-electron chi connectivity index (χ1n) is 6.09. The molecule has 1 fully saturated rings.